The molecule has 0 heterocycles. The van der Waals surface area contributed by atoms with Gasteiger partial charge in [-0.15, -0.1) is 11.6 Å². The van der Waals surface area contributed by atoms with Crippen molar-refractivity contribution in [2.75, 3.05) is 0 Å². The zero-order chi connectivity index (χ0) is 14.2. The number of hydrogen-bond donors (Lipinski definition) is 0. The molecule has 19 heavy (non-hydrogen) atoms. The Morgan fingerprint density at radius 2 is 1.79 bits per heavy atom. The van der Waals surface area contributed by atoms with Gasteiger partial charge in [-0.1, -0.05) is 37.9 Å². The van der Waals surface area contributed by atoms with Crippen LogP contribution in [-0.4, -0.2) is 0 Å². The van der Waals surface area contributed by atoms with Crippen LogP contribution >= 0.6 is 43.5 Å². The second kappa shape index (κ2) is 5.90. The maximum atomic E-state index is 14.1. The summed E-state index contributed by atoms with van der Waals surface area (Å²) in [5.74, 6) is -1.25. The van der Waals surface area contributed by atoms with Gasteiger partial charge in [0.1, 0.15) is 11.6 Å². The van der Waals surface area contributed by atoms with Gasteiger partial charge in [0.15, 0.2) is 0 Å². The molecule has 5 heteroatoms. The molecule has 0 saturated heterocycles. The van der Waals surface area contributed by atoms with E-state index in [0.29, 0.717) is 15.6 Å². The molecule has 0 N–H and O–H groups in total. The first-order valence-electron chi connectivity index (χ1n) is 5.45. The van der Waals surface area contributed by atoms with Gasteiger partial charge in [-0.2, -0.15) is 0 Å². The second-order valence-electron chi connectivity index (χ2n) is 4.12. The van der Waals surface area contributed by atoms with Crippen molar-refractivity contribution in [3.05, 3.63) is 67.6 Å². The molecule has 0 radical (unpaired) electrons. The third-order valence-corrected chi connectivity index (χ3v) is 4.47. The van der Waals surface area contributed by atoms with Crippen LogP contribution in [0.25, 0.3) is 0 Å². The van der Waals surface area contributed by atoms with E-state index in [2.05, 4.69) is 31.9 Å². The molecule has 0 aromatic heterocycles. The lowest BCUT2D eigenvalue weighted by molar-refractivity contribution is 0.553. The van der Waals surface area contributed by atoms with Crippen LogP contribution < -0.4 is 0 Å². The van der Waals surface area contributed by atoms with E-state index >= 15 is 0 Å². The lowest BCUT2D eigenvalue weighted by Gasteiger charge is -2.15. The van der Waals surface area contributed by atoms with E-state index in [4.69, 9.17) is 11.6 Å². The van der Waals surface area contributed by atoms with Crippen LogP contribution in [0.4, 0.5) is 8.78 Å². The fourth-order valence-electron chi connectivity index (χ4n) is 1.78. The Bertz CT molecular complexity index is 629. The van der Waals surface area contributed by atoms with Gasteiger partial charge in [-0.3, -0.25) is 0 Å². The molecule has 0 bridgehead atoms. The molecule has 1 unspecified atom stereocenters. The number of halogens is 5. The lowest BCUT2D eigenvalue weighted by Crippen LogP contribution is -2.03. The van der Waals surface area contributed by atoms with Crippen molar-refractivity contribution >= 4 is 43.5 Å². The first-order valence-corrected chi connectivity index (χ1v) is 7.47. The summed E-state index contributed by atoms with van der Waals surface area (Å²) in [6.07, 6.45) is 0. The zero-order valence-electron chi connectivity index (χ0n) is 9.85. The summed E-state index contributed by atoms with van der Waals surface area (Å²) in [6.45, 7) is 1.58. The molecule has 2 rings (SSSR count). The standard InChI is InChI=1S/C14H9Br2ClF2/c1-7-2-5-11(18)12(14(7)19)13(17)9-6-8(15)3-4-10(9)16/h2-6,13H,1H3. The largest absolute Gasteiger partial charge is 0.207 e. The van der Waals surface area contributed by atoms with Crippen molar-refractivity contribution in [1.29, 1.82) is 0 Å². The van der Waals surface area contributed by atoms with Crippen molar-refractivity contribution in [3.8, 4) is 0 Å². The summed E-state index contributed by atoms with van der Waals surface area (Å²) in [6, 6.07) is 7.96. The van der Waals surface area contributed by atoms with Crippen LogP contribution in [-0.2, 0) is 0 Å². The van der Waals surface area contributed by atoms with Crippen molar-refractivity contribution in [2.24, 2.45) is 0 Å². The fraction of sp³-hybridized carbons (Fsp3) is 0.143. The minimum atomic E-state index is -0.897. The Balaban J connectivity index is 2.59. The van der Waals surface area contributed by atoms with Crippen molar-refractivity contribution in [1.82, 2.24) is 0 Å². The van der Waals surface area contributed by atoms with Gasteiger partial charge in [0.25, 0.3) is 0 Å². The molecule has 0 spiro atoms. The Hall–Kier alpha value is -0.450. The van der Waals surface area contributed by atoms with Gasteiger partial charge in [-0.25, -0.2) is 8.78 Å². The second-order valence-corrected chi connectivity index (χ2v) is 6.33. The summed E-state index contributed by atoms with van der Waals surface area (Å²) in [4.78, 5) is 0. The highest BCUT2D eigenvalue weighted by molar-refractivity contribution is 9.11. The highest BCUT2D eigenvalue weighted by Crippen LogP contribution is 2.38. The first kappa shape index (κ1) is 14.9. The van der Waals surface area contributed by atoms with Gasteiger partial charge < -0.3 is 0 Å². The van der Waals surface area contributed by atoms with Gasteiger partial charge >= 0.3 is 0 Å². The maximum Gasteiger partial charge on any atom is 0.134 e. The van der Waals surface area contributed by atoms with E-state index in [1.807, 2.05) is 6.07 Å². The summed E-state index contributed by atoms with van der Waals surface area (Å²) >= 11 is 12.9. The average Bonchev–Trinajstić information content (AvgIpc) is 2.37. The SMILES string of the molecule is Cc1ccc(F)c(C(Cl)c2cc(Br)ccc2Br)c1F. The molecule has 0 saturated carbocycles. The molecule has 2 aromatic carbocycles. The van der Waals surface area contributed by atoms with Gasteiger partial charge in [-0.05, 0) is 42.3 Å². The topological polar surface area (TPSA) is 0 Å². The Kier molecular flexibility index (Phi) is 4.64. The monoisotopic (exact) mass is 408 g/mol. The van der Waals surface area contributed by atoms with Gasteiger partial charge in [0.2, 0.25) is 0 Å². The van der Waals surface area contributed by atoms with E-state index in [0.717, 1.165) is 4.47 Å². The fourth-order valence-corrected chi connectivity index (χ4v) is 3.14. The number of benzene rings is 2. The minimum absolute atomic E-state index is 0.125. The molecule has 100 valence electrons. The molecule has 0 fully saturated rings. The van der Waals surface area contributed by atoms with Crippen molar-refractivity contribution in [3.63, 3.8) is 0 Å². The predicted molar refractivity (Wildman–Crippen MR) is 80.6 cm³/mol. The predicted octanol–water partition coefficient (Wildman–Crippen LogP) is 6.13. The summed E-state index contributed by atoms with van der Waals surface area (Å²) in [5.41, 5.74) is 0.855. The third kappa shape index (κ3) is 3.01. The van der Waals surface area contributed by atoms with Crippen LogP contribution in [0.5, 0.6) is 0 Å². The molecule has 0 aliphatic carbocycles. The van der Waals surface area contributed by atoms with Gasteiger partial charge in [0, 0.05) is 14.5 Å². The quantitative estimate of drug-likeness (QED) is 0.523. The molecule has 0 aliphatic heterocycles. The Labute approximate surface area is 132 Å². The van der Waals surface area contributed by atoms with Crippen LogP contribution in [0.3, 0.4) is 0 Å². The average molecular weight is 410 g/mol. The molecule has 1 atom stereocenters. The molecule has 2 aromatic rings. The zero-order valence-corrected chi connectivity index (χ0v) is 13.8. The van der Waals surface area contributed by atoms with Crippen molar-refractivity contribution in [2.45, 2.75) is 12.3 Å². The van der Waals surface area contributed by atoms with E-state index in [1.165, 1.54) is 12.1 Å². The normalized spacial score (nSPS) is 12.5. The third-order valence-electron chi connectivity index (χ3n) is 2.80. The van der Waals surface area contributed by atoms with Crippen LogP contribution in [0.2, 0.25) is 0 Å². The number of aryl methyl sites for hydroxylation is 1. The van der Waals surface area contributed by atoms with E-state index in [1.54, 1.807) is 19.1 Å². The number of alkyl halides is 1. The number of hydrogen-bond acceptors (Lipinski definition) is 0. The molecule has 0 amide bonds. The highest BCUT2D eigenvalue weighted by atomic mass is 79.9. The molecule has 0 aliphatic rings. The molecular weight excluding hydrogens is 401 g/mol. The van der Waals surface area contributed by atoms with Gasteiger partial charge in [0.05, 0.1) is 5.38 Å². The summed E-state index contributed by atoms with van der Waals surface area (Å²) < 4.78 is 29.4. The smallest absolute Gasteiger partial charge is 0.134 e. The van der Waals surface area contributed by atoms with Crippen LogP contribution in [0.1, 0.15) is 22.1 Å². The van der Waals surface area contributed by atoms with Crippen LogP contribution in [0.15, 0.2) is 39.3 Å². The molecule has 0 nitrogen and oxygen atoms in total. The minimum Gasteiger partial charge on any atom is -0.207 e. The van der Waals surface area contributed by atoms with E-state index in [-0.39, 0.29) is 5.56 Å². The Morgan fingerprint density at radius 1 is 1.11 bits per heavy atom. The first-order chi connectivity index (χ1) is 8.91. The van der Waals surface area contributed by atoms with Crippen molar-refractivity contribution < 1.29 is 8.78 Å². The van der Waals surface area contributed by atoms with E-state index in [9.17, 15) is 8.78 Å². The molecular formula is C14H9Br2ClF2. The Morgan fingerprint density at radius 3 is 2.47 bits per heavy atom. The lowest BCUT2D eigenvalue weighted by atomic mass is 10.0. The maximum absolute atomic E-state index is 14.1. The summed E-state index contributed by atoms with van der Waals surface area (Å²) in [5, 5.41) is -0.897. The van der Waals surface area contributed by atoms with Crippen LogP contribution in [0, 0.1) is 18.6 Å². The summed E-state index contributed by atoms with van der Waals surface area (Å²) in [7, 11) is 0. The number of rotatable bonds is 2. The highest BCUT2D eigenvalue weighted by Gasteiger charge is 2.23. The van der Waals surface area contributed by atoms with E-state index < -0.39 is 17.0 Å².